The molecule has 0 bridgehead atoms. The second-order valence-electron chi connectivity index (χ2n) is 4.54. The van der Waals surface area contributed by atoms with Crippen molar-refractivity contribution in [2.45, 2.75) is 25.7 Å². The first kappa shape index (κ1) is 13.5. The van der Waals surface area contributed by atoms with Crippen LogP contribution < -0.4 is 14.8 Å². The Morgan fingerprint density at radius 1 is 1.39 bits per heavy atom. The lowest BCUT2D eigenvalue weighted by molar-refractivity contribution is 0.354. The molecule has 1 fully saturated rings. The molecule has 0 saturated carbocycles. The van der Waals surface area contributed by atoms with E-state index in [0.29, 0.717) is 16.7 Å². The summed E-state index contributed by atoms with van der Waals surface area (Å²) in [6, 6.07) is 2.08. The van der Waals surface area contributed by atoms with Gasteiger partial charge in [-0.15, -0.1) is 0 Å². The van der Waals surface area contributed by atoms with E-state index < -0.39 is 0 Å². The van der Waals surface area contributed by atoms with E-state index in [1.807, 2.05) is 0 Å². The quantitative estimate of drug-likeness (QED) is 0.912. The van der Waals surface area contributed by atoms with Gasteiger partial charge in [-0.1, -0.05) is 18.5 Å². The zero-order chi connectivity index (χ0) is 13.1. The van der Waals surface area contributed by atoms with Crippen LogP contribution in [0.2, 0.25) is 5.02 Å². The van der Waals surface area contributed by atoms with Crippen molar-refractivity contribution >= 4 is 11.6 Å². The number of nitrogens with one attached hydrogen (secondary N) is 1. The molecule has 18 heavy (non-hydrogen) atoms. The molecule has 1 aromatic rings. The van der Waals surface area contributed by atoms with E-state index in [2.05, 4.69) is 18.3 Å². The maximum Gasteiger partial charge on any atom is 0.179 e. The molecule has 4 heteroatoms. The van der Waals surface area contributed by atoms with Crippen molar-refractivity contribution in [1.29, 1.82) is 0 Å². The molecule has 1 saturated heterocycles. The molecular weight excluding hydrogens is 250 g/mol. The van der Waals surface area contributed by atoms with Crippen LogP contribution in [-0.4, -0.2) is 27.3 Å². The minimum atomic E-state index is 0.525. The molecule has 1 aliphatic heterocycles. The molecule has 0 radical (unpaired) electrons. The largest absolute Gasteiger partial charge is 0.493 e. The van der Waals surface area contributed by atoms with E-state index in [-0.39, 0.29) is 0 Å². The Labute approximate surface area is 113 Å². The fourth-order valence-corrected chi connectivity index (χ4v) is 3.06. The standard InChI is InChI=1S/C14H20ClNO2/c1-4-10-11(9-5-6-16-8-9)7-12(17-2)14(18-3)13(10)15/h7,9,16H,4-6,8H2,1-3H3. The summed E-state index contributed by atoms with van der Waals surface area (Å²) in [5.41, 5.74) is 2.48. The van der Waals surface area contributed by atoms with Crippen LogP contribution in [0, 0.1) is 0 Å². The number of hydrogen-bond acceptors (Lipinski definition) is 3. The summed E-state index contributed by atoms with van der Waals surface area (Å²) in [4.78, 5) is 0. The van der Waals surface area contributed by atoms with Gasteiger partial charge in [0.2, 0.25) is 0 Å². The molecule has 100 valence electrons. The van der Waals surface area contributed by atoms with Gasteiger partial charge >= 0.3 is 0 Å². The predicted molar refractivity (Wildman–Crippen MR) is 74.2 cm³/mol. The van der Waals surface area contributed by atoms with Crippen molar-refractivity contribution < 1.29 is 9.47 Å². The summed E-state index contributed by atoms with van der Waals surface area (Å²) in [5, 5.41) is 4.09. The number of benzene rings is 1. The Kier molecular flexibility index (Phi) is 4.36. The van der Waals surface area contributed by atoms with Gasteiger partial charge in [-0.05, 0) is 42.5 Å². The minimum Gasteiger partial charge on any atom is -0.493 e. The van der Waals surface area contributed by atoms with Gasteiger partial charge in [0.25, 0.3) is 0 Å². The summed E-state index contributed by atoms with van der Waals surface area (Å²) >= 11 is 6.45. The van der Waals surface area contributed by atoms with Crippen LogP contribution in [0.3, 0.4) is 0 Å². The lowest BCUT2D eigenvalue weighted by Crippen LogP contribution is -2.10. The molecule has 2 rings (SSSR count). The van der Waals surface area contributed by atoms with Crippen molar-refractivity contribution in [2.24, 2.45) is 0 Å². The Balaban J connectivity index is 2.53. The van der Waals surface area contributed by atoms with Gasteiger partial charge in [-0.3, -0.25) is 0 Å². The summed E-state index contributed by atoms with van der Waals surface area (Å²) in [6.45, 7) is 4.21. The van der Waals surface area contributed by atoms with Crippen LogP contribution in [0.15, 0.2) is 6.07 Å². The first-order valence-corrected chi connectivity index (χ1v) is 6.74. The molecule has 1 atom stereocenters. The zero-order valence-electron chi connectivity index (χ0n) is 11.2. The highest BCUT2D eigenvalue weighted by Crippen LogP contribution is 2.42. The molecule has 1 heterocycles. The van der Waals surface area contributed by atoms with E-state index in [4.69, 9.17) is 21.1 Å². The lowest BCUT2D eigenvalue weighted by atomic mass is 9.91. The second kappa shape index (κ2) is 5.81. The smallest absolute Gasteiger partial charge is 0.179 e. The average molecular weight is 270 g/mol. The van der Waals surface area contributed by atoms with E-state index in [1.54, 1.807) is 14.2 Å². The molecule has 3 nitrogen and oxygen atoms in total. The lowest BCUT2D eigenvalue weighted by Gasteiger charge is -2.20. The maximum atomic E-state index is 6.45. The Hall–Kier alpha value is -0.930. The van der Waals surface area contributed by atoms with Gasteiger partial charge in [0.05, 0.1) is 19.2 Å². The molecule has 1 unspecified atom stereocenters. The highest BCUT2D eigenvalue weighted by Gasteiger charge is 2.24. The van der Waals surface area contributed by atoms with E-state index >= 15 is 0 Å². The van der Waals surface area contributed by atoms with Crippen molar-refractivity contribution in [3.63, 3.8) is 0 Å². The molecule has 0 amide bonds. The topological polar surface area (TPSA) is 30.5 Å². The van der Waals surface area contributed by atoms with Gasteiger partial charge in [0.15, 0.2) is 11.5 Å². The Bertz CT molecular complexity index is 428. The SMILES string of the molecule is CCc1c(C2CCNC2)cc(OC)c(OC)c1Cl. The van der Waals surface area contributed by atoms with Crippen LogP contribution in [0.4, 0.5) is 0 Å². The van der Waals surface area contributed by atoms with Gasteiger partial charge < -0.3 is 14.8 Å². The Morgan fingerprint density at radius 3 is 2.67 bits per heavy atom. The van der Waals surface area contributed by atoms with E-state index in [9.17, 15) is 0 Å². The van der Waals surface area contributed by atoms with Crippen molar-refractivity contribution in [1.82, 2.24) is 5.32 Å². The summed E-state index contributed by atoms with van der Waals surface area (Å²) in [6.07, 6.45) is 2.06. The number of methoxy groups -OCH3 is 2. The summed E-state index contributed by atoms with van der Waals surface area (Å²) < 4.78 is 10.7. The minimum absolute atomic E-state index is 0.525. The third kappa shape index (κ3) is 2.29. The summed E-state index contributed by atoms with van der Waals surface area (Å²) in [5.74, 6) is 1.89. The average Bonchev–Trinajstić information content (AvgIpc) is 2.91. The van der Waals surface area contributed by atoms with Gasteiger partial charge in [0, 0.05) is 6.54 Å². The maximum absolute atomic E-state index is 6.45. The second-order valence-corrected chi connectivity index (χ2v) is 4.92. The highest BCUT2D eigenvalue weighted by molar-refractivity contribution is 6.33. The fraction of sp³-hybridized carbons (Fsp3) is 0.571. The van der Waals surface area contributed by atoms with Crippen LogP contribution in [0.1, 0.15) is 30.4 Å². The third-order valence-electron chi connectivity index (χ3n) is 3.60. The number of hydrogen-bond donors (Lipinski definition) is 1. The molecular formula is C14H20ClNO2. The predicted octanol–water partition coefficient (Wildman–Crippen LogP) is 3.00. The molecule has 1 N–H and O–H groups in total. The normalized spacial score (nSPS) is 19.0. The molecule has 0 aromatic heterocycles. The zero-order valence-corrected chi connectivity index (χ0v) is 11.9. The van der Waals surface area contributed by atoms with Crippen molar-refractivity contribution in [3.05, 3.63) is 22.2 Å². The van der Waals surface area contributed by atoms with Crippen LogP contribution in [0.5, 0.6) is 11.5 Å². The summed E-state index contributed by atoms with van der Waals surface area (Å²) in [7, 11) is 3.27. The van der Waals surface area contributed by atoms with Crippen LogP contribution in [-0.2, 0) is 6.42 Å². The monoisotopic (exact) mass is 269 g/mol. The number of ether oxygens (including phenoxy) is 2. The molecule has 0 aliphatic carbocycles. The van der Waals surface area contributed by atoms with Crippen LogP contribution in [0.25, 0.3) is 0 Å². The van der Waals surface area contributed by atoms with Crippen LogP contribution >= 0.6 is 11.6 Å². The molecule has 0 spiro atoms. The van der Waals surface area contributed by atoms with Crippen molar-refractivity contribution in [2.75, 3.05) is 27.3 Å². The third-order valence-corrected chi connectivity index (χ3v) is 4.00. The van der Waals surface area contributed by atoms with Gasteiger partial charge in [-0.25, -0.2) is 0 Å². The fourth-order valence-electron chi connectivity index (χ4n) is 2.65. The first-order chi connectivity index (χ1) is 8.72. The number of halogens is 1. The molecule has 1 aromatic carbocycles. The van der Waals surface area contributed by atoms with E-state index in [1.165, 1.54) is 11.1 Å². The number of rotatable bonds is 4. The van der Waals surface area contributed by atoms with Crippen molar-refractivity contribution in [3.8, 4) is 11.5 Å². The van der Waals surface area contributed by atoms with Gasteiger partial charge in [-0.2, -0.15) is 0 Å². The molecule has 1 aliphatic rings. The highest BCUT2D eigenvalue weighted by atomic mass is 35.5. The Morgan fingerprint density at radius 2 is 2.17 bits per heavy atom. The van der Waals surface area contributed by atoms with Gasteiger partial charge in [0.1, 0.15) is 0 Å². The first-order valence-electron chi connectivity index (χ1n) is 6.36. The van der Waals surface area contributed by atoms with E-state index in [0.717, 1.165) is 31.7 Å².